The van der Waals surface area contributed by atoms with Gasteiger partial charge in [-0.05, 0) is 74.4 Å². The summed E-state index contributed by atoms with van der Waals surface area (Å²) in [6, 6.07) is 9.14. The SMILES string of the molecule is CC(=O)c1ccc(CCNS(=O)(=O)c2ccc3c(c2)CCCC3)s1. The average molecular weight is 364 g/mol. The van der Waals surface area contributed by atoms with Gasteiger partial charge in [-0.15, -0.1) is 11.3 Å². The maximum Gasteiger partial charge on any atom is 0.240 e. The summed E-state index contributed by atoms with van der Waals surface area (Å²) in [7, 11) is -3.49. The molecule has 1 aliphatic carbocycles. The van der Waals surface area contributed by atoms with Crippen molar-refractivity contribution in [3.63, 3.8) is 0 Å². The number of sulfonamides is 1. The van der Waals surface area contributed by atoms with E-state index in [0.29, 0.717) is 22.7 Å². The molecule has 0 fully saturated rings. The molecule has 0 atom stereocenters. The van der Waals surface area contributed by atoms with Gasteiger partial charge in [-0.1, -0.05) is 6.07 Å². The van der Waals surface area contributed by atoms with Crippen LogP contribution >= 0.6 is 11.3 Å². The number of fused-ring (bicyclic) bond motifs is 1. The molecule has 1 aliphatic rings. The van der Waals surface area contributed by atoms with E-state index in [0.717, 1.165) is 29.7 Å². The molecular formula is C18H21NO3S2. The van der Waals surface area contributed by atoms with E-state index >= 15 is 0 Å². The molecule has 0 aliphatic heterocycles. The maximum atomic E-state index is 12.5. The van der Waals surface area contributed by atoms with E-state index in [-0.39, 0.29) is 5.78 Å². The summed E-state index contributed by atoms with van der Waals surface area (Å²) < 4.78 is 27.6. The zero-order valence-electron chi connectivity index (χ0n) is 13.7. The van der Waals surface area contributed by atoms with Gasteiger partial charge < -0.3 is 0 Å². The number of carbonyl (C=O) groups excluding carboxylic acids is 1. The van der Waals surface area contributed by atoms with E-state index in [1.54, 1.807) is 12.1 Å². The van der Waals surface area contributed by atoms with Gasteiger partial charge in [0.2, 0.25) is 10.0 Å². The van der Waals surface area contributed by atoms with Gasteiger partial charge in [-0.3, -0.25) is 4.79 Å². The first-order chi connectivity index (χ1) is 11.5. The molecule has 1 heterocycles. The lowest BCUT2D eigenvalue weighted by Crippen LogP contribution is -2.26. The highest BCUT2D eigenvalue weighted by Gasteiger charge is 2.17. The van der Waals surface area contributed by atoms with Crippen LogP contribution < -0.4 is 4.72 Å². The Hall–Kier alpha value is -1.50. The Balaban J connectivity index is 1.64. The summed E-state index contributed by atoms with van der Waals surface area (Å²) in [5, 5.41) is 0. The molecule has 0 bridgehead atoms. The second-order valence-electron chi connectivity index (χ2n) is 6.11. The fourth-order valence-electron chi connectivity index (χ4n) is 2.97. The monoisotopic (exact) mass is 363 g/mol. The first-order valence-electron chi connectivity index (χ1n) is 8.17. The van der Waals surface area contributed by atoms with Crippen molar-refractivity contribution < 1.29 is 13.2 Å². The molecule has 0 spiro atoms. The number of rotatable bonds is 6. The second-order valence-corrected chi connectivity index (χ2v) is 9.04. The molecule has 128 valence electrons. The van der Waals surface area contributed by atoms with Crippen LogP contribution in [0.4, 0.5) is 0 Å². The maximum absolute atomic E-state index is 12.5. The standard InChI is InChI=1S/C18H21NO3S2/c1-13(20)18-9-7-16(23-18)10-11-19-24(21,22)17-8-6-14-4-2-3-5-15(14)12-17/h6-9,12,19H,2-5,10-11H2,1H3. The van der Waals surface area contributed by atoms with E-state index in [1.165, 1.54) is 30.2 Å². The second kappa shape index (κ2) is 7.17. The number of benzene rings is 1. The lowest BCUT2D eigenvalue weighted by Gasteiger charge is -2.16. The van der Waals surface area contributed by atoms with Crippen molar-refractivity contribution in [1.29, 1.82) is 0 Å². The van der Waals surface area contributed by atoms with Gasteiger partial charge >= 0.3 is 0 Å². The van der Waals surface area contributed by atoms with Crippen molar-refractivity contribution in [2.45, 2.75) is 43.9 Å². The molecule has 3 rings (SSSR count). The lowest BCUT2D eigenvalue weighted by atomic mass is 9.92. The predicted octanol–water partition coefficient (Wildman–Crippen LogP) is 3.35. The number of hydrogen-bond acceptors (Lipinski definition) is 4. The average Bonchev–Trinajstić information content (AvgIpc) is 3.03. The van der Waals surface area contributed by atoms with Crippen molar-refractivity contribution >= 4 is 27.1 Å². The van der Waals surface area contributed by atoms with Crippen LogP contribution in [-0.2, 0) is 29.3 Å². The molecule has 0 saturated carbocycles. The van der Waals surface area contributed by atoms with Crippen LogP contribution in [0.3, 0.4) is 0 Å². The third kappa shape index (κ3) is 3.94. The van der Waals surface area contributed by atoms with Gasteiger partial charge in [0.15, 0.2) is 5.78 Å². The fraction of sp³-hybridized carbons (Fsp3) is 0.389. The Morgan fingerprint density at radius 3 is 2.58 bits per heavy atom. The molecule has 0 unspecified atom stereocenters. The lowest BCUT2D eigenvalue weighted by molar-refractivity contribution is 0.102. The third-order valence-electron chi connectivity index (χ3n) is 4.30. The molecule has 4 nitrogen and oxygen atoms in total. The summed E-state index contributed by atoms with van der Waals surface area (Å²) in [4.78, 5) is 13.4. The van der Waals surface area contributed by atoms with Crippen LogP contribution in [0.2, 0.25) is 0 Å². The van der Waals surface area contributed by atoms with Crippen LogP contribution in [-0.4, -0.2) is 20.7 Å². The van der Waals surface area contributed by atoms with Gasteiger partial charge in [-0.25, -0.2) is 13.1 Å². The van der Waals surface area contributed by atoms with E-state index < -0.39 is 10.0 Å². The van der Waals surface area contributed by atoms with Crippen LogP contribution in [0.15, 0.2) is 35.2 Å². The van der Waals surface area contributed by atoms with E-state index in [4.69, 9.17) is 0 Å². The van der Waals surface area contributed by atoms with Crippen molar-refractivity contribution in [3.05, 3.63) is 51.2 Å². The van der Waals surface area contributed by atoms with Crippen LogP contribution in [0.5, 0.6) is 0 Å². The number of nitrogens with one attached hydrogen (secondary N) is 1. The highest BCUT2D eigenvalue weighted by Crippen LogP contribution is 2.24. The van der Waals surface area contributed by atoms with E-state index in [9.17, 15) is 13.2 Å². The summed E-state index contributed by atoms with van der Waals surface area (Å²) in [6.45, 7) is 1.87. The minimum atomic E-state index is -3.49. The minimum Gasteiger partial charge on any atom is -0.294 e. The first-order valence-corrected chi connectivity index (χ1v) is 10.5. The topological polar surface area (TPSA) is 63.2 Å². The molecule has 0 saturated heterocycles. The Morgan fingerprint density at radius 2 is 1.88 bits per heavy atom. The number of carbonyl (C=O) groups is 1. The van der Waals surface area contributed by atoms with Gasteiger partial charge in [0.1, 0.15) is 0 Å². The number of aryl methyl sites for hydroxylation is 2. The quantitative estimate of drug-likeness (QED) is 0.801. The number of ketones is 1. The van der Waals surface area contributed by atoms with Gasteiger partial charge in [0.05, 0.1) is 9.77 Å². The van der Waals surface area contributed by atoms with Crippen molar-refractivity contribution in [1.82, 2.24) is 4.72 Å². The Labute approximate surface area is 147 Å². The molecule has 2 aromatic rings. The Bertz CT molecular complexity index is 853. The fourth-order valence-corrected chi connectivity index (χ4v) is 4.95. The van der Waals surface area contributed by atoms with Crippen molar-refractivity contribution in [2.24, 2.45) is 0 Å². The molecular weight excluding hydrogens is 342 g/mol. The summed E-state index contributed by atoms with van der Waals surface area (Å²) >= 11 is 1.42. The molecule has 1 aromatic heterocycles. The molecule has 0 amide bonds. The number of thiophene rings is 1. The summed E-state index contributed by atoms with van der Waals surface area (Å²) in [6.07, 6.45) is 4.89. The smallest absolute Gasteiger partial charge is 0.240 e. The highest BCUT2D eigenvalue weighted by atomic mass is 32.2. The summed E-state index contributed by atoms with van der Waals surface area (Å²) in [5.74, 6) is 0.0425. The van der Waals surface area contributed by atoms with E-state index in [1.807, 2.05) is 18.2 Å². The third-order valence-corrected chi connectivity index (χ3v) is 7.01. The molecule has 6 heteroatoms. The van der Waals surface area contributed by atoms with Crippen LogP contribution in [0.1, 0.15) is 45.4 Å². The summed E-state index contributed by atoms with van der Waals surface area (Å²) in [5.41, 5.74) is 2.43. The van der Waals surface area contributed by atoms with Gasteiger partial charge in [-0.2, -0.15) is 0 Å². The molecule has 24 heavy (non-hydrogen) atoms. The number of Topliss-reactive ketones (excluding diaryl/α,β-unsaturated/α-hetero) is 1. The molecule has 1 aromatic carbocycles. The molecule has 1 N–H and O–H groups in total. The van der Waals surface area contributed by atoms with Gasteiger partial charge in [0, 0.05) is 11.4 Å². The zero-order chi connectivity index (χ0) is 17.2. The Kier molecular flexibility index (Phi) is 5.18. The molecule has 0 radical (unpaired) electrons. The predicted molar refractivity (Wildman–Crippen MR) is 96.3 cm³/mol. The van der Waals surface area contributed by atoms with Crippen LogP contribution in [0.25, 0.3) is 0 Å². The number of hydrogen-bond donors (Lipinski definition) is 1. The Morgan fingerprint density at radius 1 is 1.12 bits per heavy atom. The van der Waals surface area contributed by atoms with Crippen molar-refractivity contribution in [3.8, 4) is 0 Å². The van der Waals surface area contributed by atoms with Crippen LogP contribution in [0, 0.1) is 0 Å². The van der Waals surface area contributed by atoms with Gasteiger partial charge in [0.25, 0.3) is 0 Å². The largest absolute Gasteiger partial charge is 0.294 e. The minimum absolute atomic E-state index is 0.0425. The van der Waals surface area contributed by atoms with Crippen molar-refractivity contribution in [2.75, 3.05) is 6.54 Å². The van der Waals surface area contributed by atoms with E-state index in [2.05, 4.69) is 4.72 Å². The normalized spacial score (nSPS) is 14.4. The first kappa shape index (κ1) is 17.3. The highest BCUT2D eigenvalue weighted by molar-refractivity contribution is 7.89. The zero-order valence-corrected chi connectivity index (χ0v) is 15.3.